The summed E-state index contributed by atoms with van der Waals surface area (Å²) in [5.41, 5.74) is 2.24. The lowest BCUT2D eigenvalue weighted by atomic mass is 10.1. The molecule has 1 N–H and O–H groups in total. The number of amides is 1. The Bertz CT molecular complexity index is 1020. The zero-order valence-corrected chi connectivity index (χ0v) is 17.6. The number of hydrogen-bond donors (Lipinski definition) is 1. The van der Waals surface area contributed by atoms with Crippen LogP contribution >= 0.6 is 11.8 Å². The fourth-order valence-electron chi connectivity index (χ4n) is 2.73. The zero-order chi connectivity index (χ0) is 22.4. The number of halogens is 3. The second-order valence-corrected chi connectivity index (χ2v) is 7.31. The van der Waals surface area contributed by atoms with E-state index in [0.717, 1.165) is 18.7 Å². The smallest absolute Gasteiger partial charge is 0.404 e. The van der Waals surface area contributed by atoms with E-state index in [4.69, 9.17) is 0 Å². The number of ether oxygens (including phenoxy) is 1. The van der Waals surface area contributed by atoms with Crippen molar-refractivity contribution in [1.82, 2.24) is 19.7 Å². The van der Waals surface area contributed by atoms with Crippen LogP contribution in [0.3, 0.4) is 0 Å². The van der Waals surface area contributed by atoms with Crippen molar-refractivity contribution < 1.29 is 22.7 Å². The number of nitrogens with one attached hydrogen (secondary N) is 1. The predicted octanol–water partition coefficient (Wildman–Crippen LogP) is 4.55. The van der Waals surface area contributed by atoms with Crippen molar-refractivity contribution in [3.8, 4) is 17.3 Å². The number of carbonyl (C=O) groups is 1. The lowest BCUT2D eigenvalue weighted by Crippen LogP contribution is -2.17. The molecule has 0 unspecified atom stereocenters. The molecule has 1 aromatic carbocycles. The number of thioether (sulfide) groups is 1. The third kappa shape index (κ3) is 6.20. The molecule has 0 bridgehead atoms. The lowest BCUT2D eigenvalue weighted by Gasteiger charge is -2.10. The van der Waals surface area contributed by atoms with E-state index in [1.807, 2.05) is 31.2 Å². The van der Waals surface area contributed by atoms with Gasteiger partial charge in [-0.2, -0.15) is 0 Å². The fraction of sp³-hybridized carbons (Fsp3) is 0.300. The van der Waals surface area contributed by atoms with Gasteiger partial charge in [0, 0.05) is 12.2 Å². The van der Waals surface area contributed by atoms with Crippen molar-refractivity contribution >= 4 is 23.4 Å². The van der Waals surface area contributed by atoms with Crippen molar-refractivity contribution in [3.63, 3.8) is 0 Å². The molecule has 0 aliphatic heterocycles. The summed E-state index contributed by atoms with van der Waals surface area (Å²) in [6.07, 6.45) is -2.89. The van der Waals surface area contributed by atoms with Gasteiger partial charge in [-0.3, -0.25) is 4.79 Å². The van der Waals surface area contributed by atoms with E-state index in [2.05, 4.69) is 32.2 Å². The Morgan fingerprint density at radius 1 is 1.13 bits per heavy atom. The predicted molar refractivity (Wildman–Crippen MR) is 111 cm³/mol. The molecule has 2 heterocycles. The molecule has 0 radical (unpaired) electrons. The standard InChI is InChI=1S/C20H20F3N5O2S/c1-3-13-5-7-14(8-6-13)25-17(29)12-31-19-27-26-18(28(19)4-2)16-10-9-15(11-24-16)30-20(21,22)23/h5-11H,3-4,12H2,1-2H3,(H,25,29). The molecule has 11 heteroatoms. The van der Waals surface area contributed by atoms with Crippen LogP contribution in [0, 0.1) is 0 Å². The first-order chi connectivity index (χ1) is 14.8. The van der Waals surface area contributed by atoms with Crippen molar-refractivity contribution in [3.05, 3.63) is 48.2 Å². The minimum atomic E-state index is -4.78. The minimum Gasteiger partial charge on any atom is -0.404 e. The second-order valence-electron chi connectivity index (χ2n) is 6.36. The van der Waals surface area contributed by atoms with Crippen LogP contribution in [0.1, 0.15) is 19.4 Å². The van der Waals surface area contributed by atoms with Crippen molar-refractivity contribution in [2.24, 2.45) is 0 Å². The number of pyridine rings is 1. The molecule has 0 saturated carbocycles. The van der Waals surface area contributed by atoms with E-state index in [-0.39, 0.29) is 11.7 Å². The SMILES string of the molecule is CCc1ccc(NC(=O)CSc2nnc(-c3ccc(OC(F)(F)F)cn3)n2CC)cc1. The lowest BCUT2D eigenvalue weighted by molar-refractivity contribution is -0.274. The molecular formula is C20H20F3N5O2S. The van der Waals surface area contributed by atoms with E-state index >= 15 is 0 Å². The summed E-state index contributed by atoms with van der Waals surface area (Å²) >= 11 is 1.21. The summed E-state index contributed by atoms with van der Waals surface area (Å²) in [5, 5.41) is 11.5. The summed E-state index contributed by atoms with van der Waals surface area (Å²) in [4.78, 5) is 16.2. The molecule has 3 aromatic rings. The summed E-state index contributed by atoms with van der Waals surface area (Å²) in [7, 11) is 0. The third-order valence-electron chi connectivity index (χ3n) is 4.21. The Kier molecular flexibility index (Phi) is 7.16. The number of rotatable bonds is 8. The van der Waals surface area contributed by atoms with Crippen molar-refractivity contribution in [1.29, 1.82) is 0 Å². The largest absolute Gasteiger partial charge is 0.573 e. The molecule has 0 fully saturated rings. The molecular weight excluding hydrogens is 431 g/mol. The molecule has 31 heavy (non-hydrogen) atoms. The van der Waals surface area contributed by atoms with Crippen LogP contribution in [0.25, 0.3) is 11.5 Å². The van der Waals surface area contributed by atoms with E-state index in [1.54, 1.807) is 4.57 Å². The number of carbonyl (C=O) groups excluding carboxylic acids is 1. The molecule has 1 amide bonds. The molecule has 0 spiro atoms. The average molecular weight is 451 g/mol. The Morgan fingerprint density at radius 3 is 2.45 bits per heavy atom. The number of hydrogen-bond acceptors (Lipinski definition) is 6. The number of benzene rings is 1. The number of aryl methyl sites for hydroxylation is 1. The molecule has 3 rings (SSSR count). The summed E-state index contributed by atoms with van der Waals surface area (Å²) in [5.74, 6) is -0.0937. The van der Waals surface area contributed by atoms with Crippen molar-refractivity contribution in [2.45, 2.75) is 38.3 Å². The van der Waals surface area contributed by atoms with E-state index < -0.39 is 12.1 Å². The van der Waals surface area contributed by atoms with Gasteiger partial charge < -0.3 is 14.6 Å². The maximum atomic E-state index is 12.3. The van der Waals surface area contributed by atoms with Crippen LogP contribution in [0.5, 0.6) is 5.75 Å². The topological polar surface area (TPSA) is 81.9 Å². The number of anilines is 1. The fourth-order valence-corrected chi connectivity index (χ4v) is 3.53. The first kappa shape index (κ1) is 22.6. The Balaban J connectivity index is 1.64. The second kappa shape index (κ2) is 9.82. The number of nitrogens with zero attached hydrogens (tertiary/aromatic N) is 4. The first-order valence-corrected chi connectivity index (χ1v) is 10.4. The highest BCUT2D eigenvalue weighted by Gasteiger charge is 2.31. The van der Waals surface area contributed by atoms with Gasteiger partial charge in [-0.1, -0.05) is 30.8 Å². The van der Waals surface area contributed by atoms with Gasteiger partial charge in [-0.25, -0.2) is 4.98 Å². The number of aromatic nitrogens is 4. The van der Waals surface area contributed by atoms with Gasteiger partial charge in [-0.05, 0) is 43.2 Å². The summed E-state index contributed by atoms with van der Waals surface area (Å²) in [6.45, 7) is 4.42. The van der Waals surface area contributed by atoms with Crippen LogP contribution in [0.4, 0.5) is 18.9 Å². The molecule has 0 saturated heterocycles. The van der Waals surface area contributed by atoms with Crippen molar-refractivity contribution in [2.75, 3.05) is 11.1 Å². The van der Waals surface area contributed by atoms with Crippen LogP contribution in [0.15, 0.2) is 47.8 Å². The Hall–Kier alpha value is -3.08. The minimum absolute atomic E-state index is 0.124. The highest BCUT2D eigenvalue weighted by molar-refractivity contribution is 7.99. The van der Waals surface area contributed by atoms with Gasteiger partial charge >= 0.3 is 6.36 Å². The Labute approximate surface area is 181 Å². The molecule has 7 nitrogen and oxygen atoms in total. The normalized spacial score (nSPS) is 11.4. The average Bonchev–Trinajstić information content (AvgIpc) is 3.15. The summed E-state index contributed by atoms with van der Waals surface area (Å²) in [6, 6.07) is 10.2. The maximum Gasteiger partial charge on any atom is 0.573 e. The van der Waals surface area contributed by atoms with E-state index in [0.29, 0.717) is 28.9 Å². The van der Waals surface area contributed by atoms with E-state index in [1.165, 1.54) is 23.4 Å². The first-order valence-electron chi connectivity index (χ1n) is 9.46. The maximum absolute atomic E-state index is 12.3. The van der Waals surface area contributed by atoms with Gasteiger partial charge in [0.05, 0.1) is 11.9 Å². The van der Waals surface area contributed by atoms with E-state index in [9.17, 15) is 18.0 Å². The highest BCUT2D eigenvalue weighted by atomic mass is 32.2. The quantitative estimate of drug-likeness (QED) is 0.506. The van der Waals surface area contributed by atoms with Crippen LogP contribution < -0.4 is 10.1 Å². The molecule has 0 aliphatic carbocycles. The van der Waals surface area contributed by atoms with Crippen LogP contribution in [-0.2, 0) is 17.8 Å². The van der Waals surface area contributed by atoms with Crippen LogP contribution in [-0.4, -0.2) is 37.8 Å². The van der Waals surface area contributed by atoms with Gasteiger partial charge in [0.25, 0.3) is 0 Å². The monoisotopic (exact) mass is 451 g/mol. The molecule has 0 atom stereocenters. The van der Waals surface area contributed by atoms with Crippen LogP contribution in [0.2, 0.25) is 0 Å². The molecule has 2 aromatic heterocycles. The van der Waals surface area contributed by atoms with Gasteiger partial charge in [0.15, 0.2) is 11.0 Å². The Morgan fingerprint density at radius 2 is 1.87 bits per heavy atom. The zero-order valence-electron chi connectivity index (χ0n) is 16.8. The third-order valence-corrected chi connectivity index (χ3v) is 5.18. The summed E-state index contributed by atoms with van der Waals surface area (Å²) < 4.78 is 42.5. The highest BCUT2D eigenvalue weighted by Crippen LogP contribution is 2.26. The number of alkyl halides is 3. The van der Waals surface area contributed by atoms with Gasteiger partial charge in [0.1, 0.15) is 11.4 Å². The molecule has 0 aliphatic rings. The molecule has 164 valence electrons. The van der Waals surface area contributed by atoms with Gasteiger partial charge in [-0.15, -0.1) is 23.4 Å². The van der Waals surface area contributed by atoms with Gasteiger partial charge in [0.2, 0.25) is 5.91 Å².